The van der Waals surface area contributed by atoms with Gasteiger partial charge in [-0.15, -0.1) is 0 Å². The number of hydrogen-bond acceptors (Lipinski definition) is 4. The van der Waals surface area contributed by atoms with E-state index in [1.165, 1.54) is 0 Å². The third kappa shape index (κ3) is 4.17. The molecule has 130 valence electrons. The van der Waals surface area contributed by atoms with E-state index in [9.17, 15) is 9.59 Å². The maximum atomic E-state index is 12.2. The van der Waals surface area contributed by atoms with Crippen LogP contribution in [0.1, 0.15) is 24.0 Å². The van der Waals surface area contributed by atoms with E-state index in [2.05, 4.69) is 21.3 Å². The molecule has 3 N–H and O–H groups in total. The molecule has 0 saturated carbocycles. The number of nitriles is 1. The number of amides is 1. The predicted molar refractivity (Wildman–Crippen MR) is 93.6 cm³/mol. The number of H-pyrrole nitrogens is 1. The number of rotatable bonds is 4. The normalized spacial score (nSPS) is 15.8. The Balaban J connectivity index is 1.62. The molecule has 2 heterocycles. The van der Waals surface area contributed by atoms with Crippen molar-refractivity contribution in [1.29, 1.82) is 5.26 Å². The van der Waals surface area contributed by atoms with Crippen LogP contribution in [0.5, 0.6) is 0 Å². The second kappa shape index (κ2) is 7.36. The first kappa shape index (κ1) is 17.0. The summed E-state index contributed by atoms with van der Waals surface area (Å²) in [4.78, 5) is 28.0. The van der Waals surface area contributed by atoms with Gasteiger partial charge in [0.05, 0.1) is 11.6 Å². The molecule has 0 atom stereocenters. The lowest BCUT2D eigenvalue weighted by atomic mass is 10.0. The van der Waals surface area contributed by atoms with Gasteiger partial charge in [0.15, 0.2) is 0 Å². The van der Waals surface area contributed by atoms with E-state index in [0.29, 0.717) is 17.5 Å². The molecule has 25 heavy (non-hydrogen) atoms. The highest BCUT2D eigenvalue weighted by Gasteiger charge is 2.20. The molecule has 7 heteroatoms. The van der Waals surface area contributed by atoms with Gasteiger partial charge in [-0.25, -0.2) is 4.79 Å². The Labute approximate surface area is 144 Å². The van der Waals surface area contributed by atoms with Crippen LogP contribution in [-0.4, -0.2) is 46.8 Å². The molecule has 0 radical (unpaired) electrons. The Hall–Kier alpha value is -2.85. The van der Waals surface area contributed by atoms with Gasteiger partial charge in [-0.2, -0.15) is 5.26 Å². The summed E-state index contributed by atoms with van der Waals surface area (Å²) < 4.78 is 0. The van der Waals surface area contributed by atoms with Gasteiger partial charge in [-0.05, 0) is 42.8 Å². The minimum absolute atomic E-state index is 0.0205. The number of benzene rings is 1. The van der Waals surface area contributed by atoms with Crippen molar-refractivity contribution in [3.8, 4) is 6.07 Å². The lowest BCUT2D eigenvalue weighted by molar-refractivity contribution is 0.169. The van der Waals surface area contributed by atoms with Crippen LogP contribution in [0.15, 0.2) is 29.1 Å². The van der Waals surface area contributed by atoms with Crippen molar-refractivity contribution in [3.05, 3.63) is 45.7 Å². The number of piperidine rings is 1. The van der Waals surface area contributed by atoms with Crippen molar-refractivity contribution in [1.82, 2.24) is 15.2 Å². The lowest BCUT2D eigenvalue weighted by Crippen LogP contribution is -2.44. The number of nitrogens with zero attached hydrogens (tertiary/aromatic N) is 2. The number of carbonyl (C=O) groups is 1. The monoisotopic (exact) mass is 340 g/mol. The molecule has 0 spiro atoms. The molecule has 1 amide bonds. The van der Waals surface area contributed by atoms with Crippen LogP contribution in [0.2, 0.25) is 0 Å². The van der Waals surface area contributed by atoms with E-state index in [0.717, 1.165) is 43.4 Å². The molecule has 0 bridgehead atoms. The van der Waals surface area contributed by atoms with E-state index in [1.807, 2.05) is 12.1 Å². The SMILES string of the molecule is N#Cc1ccc2cc(CCN3CCC(NC(=O)O)CC3)c(=O)[nH]c2c1. The van der Waals surface area contributed by atoms with Crippen LogP contribution in [0.4, 0.5) is 4.79 Å². The van der Waals surface area contributed by atoms with Crippen LogP contribution in [0.25, 0.3) is 10.9 Å². The number of aromatic nitrogens is 1. The van der Waals surface area contributed by atoms with Gasteiger partial charge in [-0.3, -0.25) is 4.79 Å². The first-order valence-corrected chi connectivity index (χ1v) is 8.33. The molecule has 1 saturated heterocycles. The fourth-order valence-corrected chi connectivity index (χ4v) is 3.26. The smallest absolute Gasteiger partial charge is 0.404 e. The van der Waals surface area contributed by atoms with Crippen LogP contribution in [0, 0.1) is 11.3 Å². The summed E-state index contributed by atoms with van der Waals surface area (Å²) in [6, 6.07) is 9.24. The van der Waals surface area contributed by atoms with Crippen LogP contribution >= 0.6 is 0 Å². The molecular formula is C18H20N4O3. The summed E-state index contributed by atoms with van der Waals surface area (Å²) in [6.07, 6.45) is 1.25. The van der Waals surface area contributed by atoms with E-state index >= 15 is 0 Å². The van der Waals surface area contributed by atoms with E-state index in [-0.39, 0.29) is 11.6 Å². The number of aromatic amines is 1. The van der Waals surface area contributed by atoms with E-state index in [1.54, 1.807) is 12.1 Å². The minimum atomic E-state index is -0.972. The minimum Gasteiger partial charge on any atom is -0.465 e. The maximum absolute atomic E-state index is 12.2. The Morgan fingerprint density at radius 2 is 2.12 bits per heavy atom. The van der Waals surface area contributed by atoms with Gasteiger partial charge in [-0.1, -0.05) is 6.07 Å². The second-order valence-electron chi connectivity index (χ2n) is 6.35. The number of likely N-dealkylation sites (tertiary alicyclic amines) is 1. The van der Waals surface area contributed by atoms with Crippen molar-refractivity contribution in [3.63, 3.8) is 0 Å². The molecule has 3 rings (SSSR count). The van der Waals surface area contributed by atoms with Crippen molar-refractivity contribution in [2.75, 3.05) is 19.6 Å². The predicted octanol–water partition coefficient (Wildman–Crippen LogP) is 1.67. The van der Waals surface area contributed by atoms with E-state index in [4.69, 9.17) is 10.4 Å². The van der Waals surface area contributed by atoms with Gasteiger partial charge in [0.1, 0.15) is 0 Å². The zero-order chi connectivity index (χ0) is 17.8. The molecule has 1 aliphatic heterocycles. The summed E-state index contributed by atoms with van der Waals surface area (Å²) in [7, 11) is 0. The number of hydrogen-bond donors (Lipinski definition) is 3. The standard InChI is InChI=1S/C18H20N4O3/c19-11-12-1-2-13-10-14(17(23)21-16(13)9-12)3-6-22-7-4-15(5-8-22)20-18(24)25/h1-2,9-10,15,20H,3-8H2,(H,21,23)(H,24,25). The number of pyridine rings is 1. The summed E-state index contributed by atoms with van der Waals surface area (Å²) in [5.41, 5.74) is 1.80. The molecule has 2 aromatic rings. The van der Waals surface area contributed by atoms with Gasteiger partial charge in [0.25, 0.3) is 5.56 Å². The topological polar surface area (TPSA) is 109 Å². The van der Waals surface area contributed by atoms with Crippen LogP contribution in [-0.2, 0) is 6.42 Å². The fraction of sp³-hybridized carbons (Fsp3) is 0.389. The third-order valence-electron chi connectivity index (χ3n) is 4.66. The lowest BCUT2D eigenvalue weighted by Gasteiger charge is -2.31. The highest BCUT2D eigenvalue weighted by atomic mass is 16.4. The number of carboxylic acid groups (broad SMARTS) is 1. The molecule has 0 aliphatic carbocycles. The fourth-order valence-electron chi connectivity index (χ4n) is 3.26. The van der Waals surface area contributed by atoms with Gasteiger partial charge < -0.3 is 20.3 Å². The van der Waals surface area contributed by atoms with Crippen molar-refractivity contribution in [2.24, 2.45) is 0 Å². The Bertz CT molecular complexity index is 876. The molecule has 1 fully saturated rings. The number of fused-ring (bicyclic) bond motifs is 1. The zero-order valence-corrected chi connectivity index (χ0v) is 13.8. The Kier molecular flexibility index (Phi) is 5.00. The number of nitrogens with one attached hydrogen (secondary N) is 2. The van der Waals surface area contributed by atoms with Crippen molar-refractivity contribution >= 4 is 17.0 Å². The molecule has 1 aliphatic rings. The van der Waals surface area contributed by atoms with Crippen LogP contribution in [0.3, 0.4) is 0 Å². The summed E-state index contributed by atoms with van der Waals surface area (Å²) in [5, 5.41) is 21.1. The molecular weight excluding hydrogens is 320 g/mol. The third-order valence-corrected chi connectivity index (χ3v) is 4.66. The molecule has 1 aromatic heterocycles. The molecule has 7 nitrogen and oxygen atoms in total. The van der Waals surface area contributed by atoms with Gasteiger partial charge in [0, 0.05) is 36.8 Å². The van der Waals surface area contributed by atoms with E-state index < -0.39 is 6.09 Å². The second-order valence-corrected chi connectivity index (χ2v) is 6.35. The first-order chi connectivity index (χ1) is 12.0. The Morgan fingerprint density at radius 1 is 1.36 bits per heavy atom. The van der Waals surface area contributed by atoms with Crippen molar-refractivity contribution in [2.45, 2.75) is 25.3 Å². The summed E-state index contributed by atoms with van der Waals surface area (Å²) >= 11 is 0. The average Bonchev–Trinajstić information content (AvgIpc) is 2.60. The zero-order valence-electron chi connectivity index (χ0n) is 13.8. The summed E-state index contributed by atoms with van der Waals surface area (Å²) in [6.45, 7) is 2.41. The van der Waals surface area contributed by atoms with Gasteiger partial charge >= 0.3 is 6.09 Å². The highest BCUT2D eigenvalue weighted by molar-refractivity contribution is 5.80. The largest absolute Gasteiger partial charge is 0.465 e. The van der Waals surface area contributed by atoms with Crippen LogP contribution < -0.4 is 10.9 Å². The average molecular weight is 340 g/mol. The summed E-state index contributed by atoms with van der Waals surface area (Å²) in [5.74, 6) is 0. The maximum Gasteiger partial charge on any atom is 0.404 e. The van der Waals surface area contributed by atoms with Crippen molar-refractivity contribution < 1.29 is 9.90 Å². The molecule has 0 unspecified atom stereocenters. The Morgan fingerprint density at radius 3 is 2.80 bits per heavy atom. The highest BCUT2D eigenvalue weighted by Crippen LogP contribution is 2.15. The van der Waals surface area contributed by atoms with Gasteiger partial charge in [0.2, 0.25) is 0 Å². The molecule has 1 aromatic carbocycles. The first-order valence-electron chi connectivity index (χ1n) is 8.33. The quantitative estimate of drug-likeness (QED) is 0.784.